The standard InChI is InChI=1S/C15H10N2O2/c18-10-16-9-12-1-3-13(4-2-12)14-5-7-15(8-6-14)17-11-19/h1-8H,9H2. The van der Waals surface area contributed by atoms with Crippen molar-refractivity contribution in [3.05, 3.63) is 54.1 Å². The zero-order valence-electron chi connectivity index (χ0n) is 10.0. The van der Waals surface area contributed by atoms with Gasteiger partial charge in [0.25, 0.3) is 0 Å². The van der Waals surface area contributed by atoms with Crippen LogP contribution in [0.5, 0.6) is 0 Å². The van der Waals surface area contributed by atoms with Gasteiger partial charge in [0.2, 0.25) is 12.2 Å². The molecule has 4 nitrogen and oxygen atoms in total. The molecule has 0 saturated heterocycles. The maximum absolute atomic E-state index is 10.1. The van der Waals surface area contributed by atoms with Crippen LogP contribution in [0.25, 0.3) is 11.1 Å². The Morgan fingerprint density at radius 1 is 0.789 bits per heavy atom. The highest BCUT2D eigenvalue weighted by Crippen LogP contribution is 2.22. The molecule has 92 valence electrons. The van der Waals surface area contributed by atoms with Crippen LogP contribution in [0.3, 0.4) is 0 Å². The van der Waals surface area contributed by atoms with Gasteiger partial charge in [0.15, 0.2) is 0 Å². The maximum atomic E-state index is 10.1. The van der Waals surface area contributed by atoms with Crippen molar-refractivity contribution in [2.75, 3.05) is 0 Å². The fraction of sp³-hybridized carbons (Fsp3) is 0.0667. The first-order valence-corrected chi connectivity index (χ1v) is 5.64. The van der Waals surface area contributed by atoms with Crippen molar-refractivity contribution in [1.82, 2.24) is 0 Å². The Hall–Kier alpha value is -2.80. The van der Waals surface area contributed by atoms with E-state index in [2.05, 4.69) is 9.98 Å². The van der Waals surface area contributed by atoms with E-state index in [4.69, 9.17) is 0 Å². The van der Waals surface area contributed by atoms with E-state index < -0.39 is 0 Å². The maximum Gasteiger partial charge on any atom is 0.240 e. The summed E-state index contributed by atoms with van der Waals surface area (Å²) in [6.07, 6.45) is 3.02. The van der Waals surface area contributed by atoms with Gasteiger partial charge < -0.3 is 0 Å². The zero-order valence-corrected chi connectivity index (χ0v) is 10.0. The summed E-state index contributed by atoms with van der Waals surface area (Å²) in [5.74, 6) is 0. The first kappa shape index (κ1) is 12.7. The van der Waals surface area contributed by atoms with Crippen molar-refractivity contribution in [1.29, 1.82) is 0 Å². The lowest BCUT2D eigenvalue weighted by Crippen LogP contribution is -1.82. The SMILES string of the molecule is O=C=NCc1ccc(-c2ccc(N=C=O)cc2)cc1. The van der Waals surface area contributed by atoms with Gasteiger partial charge in [0.05, 0.1) is 12.2 Å². The molecule has 2 rings (SSSR count). The Bertz CT molecular complexity index is 648. The van der Waals surface area contributed by atoms with Crippen molar-refractivity contribution in [3.63, 3.8) is 0 Å². The van der Waals surface area contributed by atoms with Gasteiger partial charge >= 0.3 is 0 Å². The molecule has 0 aliphatic carbocycles. The van der Waals surface area contributed by atoms with E-state index in [1.165, 1.54) is 12.2 Å². The molecule has 0 N–H and O–H groups in total. The number of hydrogen-bond donors (Lipinski definition) is 0. The summed E-state index contributed by atoms with van der Waals surface area (Å²) in [6.45, 7) is 0.344. The van der Waals surface area contributed by atoms with Crippen molar-refractivity contribution < 1.29 is 9.59 Å². The van der Waals surface area contributed by atoms with Crippen LogP contribution in [0.2, 0.25) is 0 Å². The second-order valence-corrected chi connectivity index (χ2v) is 3.85. The molecule has 0 atom stereocenters. The lowest BCUT2D eigenvalue weighted by molar-refractivity contribution is 0.562. The van der Waals surface area contributed by atoms with E-state index >= 15 is 0 Å². The molecular formula is C15H10N2O2. The van der Waals surface area contributed by atoms with Gasteiger partial charge in [-0.05, 0) is 28.8 Å². The summed E-state index contributed by atoms with van der Waals surface area (Å²) < 4.78 is 0. The molecule has 0 aliphatic heterocycles. The van der Waals surface area contributed by atoms with E-state index in [9.17, 15) is 9.59 Å². The summed E-state index contributed by atoms with van der Waals surface area (Å²) in [7, 11) is 0. The Morgan fingerprint density at radius 3 is 1.89 bits per heavy atom. The van der Waals surface area contributed by atoms with E-state index in [1.807, 2.05) is 36.4 Å². The lowest BCUT2D eigenvalue weighted by Gasteiger charge is -2.03. The number of aliphatic imine (C=N–C) groups is 2. The molecule has 0 aromatic heterocycles. The molecule has 4 heteroatoms. The largest absolute Gasteiger partial charge is 0.240 e. The molecule has 0 aliphatic rings. The third-order valence-corrected chi connectivity index (χ3v) is 2.66. The normalized spacial score (nSPS) is 9.26. The van der Waals surface area contributed by atoms with Gasteiger partial charge in [0, 0.05) is 0 Å². The minimum atomic E-state index is 0.344. The summed E-state index contributed by atoms with van der Waals surface area (Å²) in [5, 5.41) is 0. The van der Waals surface area contributed by atoms with E-state index in [-0.39, 0.29) is 0 Å². The minimum Gasteiger partial charge on any atom is -0.211 e. The lowest BCUT2D eigenvalue weighted by atomic mass is 10.0. The number of hydrogen-bond acceptors (Lipinski definition) is 4. The first-order valence-electron chi connectivity index (χ1n) is 5.64. The topological polar surface area (TPSA) is 58.9 Å². The van der Waals surface area contributed by atoms with Crippen LogP contribution in [-0.2, 0) is 16.1 Å². The van der Waals surface area contributed by atoms with Crippen LogP contribution >= 0.6 is 0 Å². The Morgan fingerprint density at radius 2 is 1.37 bits per heavy atom. The molecule has 0 heterocycles. The van der Waals surface area contributed by atoms with Crippen LogP contribution in [0, 0.1) is 0 Å². The molecule has 2 aromatic carbocycles. The van der Waals surface area contributed by atoms with Crippen molar-refractivity contribution >= 4 is 17.8 Å². The molecule has 0 amide bonds. The van der Waals surface area contributed by atoms with E-state index in [0.717, 1.165) is 16.7 Å². The minimum absolute atomic E-state index is 0.344. The van der Waals surface area contributed by atoms with Gasteiger partial charge in [-0.2, -0.15) is 4.99 Å². The van der Waals surface area contributed by atoms with Crippen molar-refractivity contribution in [3.8, 4) is 11.1 Å². The molecule has 0 fully saturated rings. The highest BCUT2D eigenvalue weighted by molar-refractivity contribution is 5.66. The average molecular weight is 250 g/mol. The molecule has 0 spiro atoms. The highest BCUT2D eigenvalue weighted by Gasteiger charge is 1.98. The number of nitrogens with zero attached hydrogens (tertiary/aromatic N) is 2. The highest BCUT2D eigenvalue weighted by atomic mass is 16.1. The summed E-state index contributed by atoms with van der Waals surface area (Å²) in [5.41, 5.74) is 3.60. The second-order valence-electron chi connectivity index (χ2n) is 3.85. The van der Waals surface area contributed by atoms with Gasteiger partial charge in [-0.25, -0.2) is 14.6 Å². The van der Waals surface area contributed by atoms with Crippen LogP contribution in [-0.4, -0.2) is 12.2 Å². The molecule has 0 radical (unpaired) electrons. The molecular weight excluding hydrogens is 240 g/mol. The van der Waals surface area contributed by atoms with E-state index in [0.29, 0.717) is 12.2 Å². The fourth-order valence-electron chi connectivity index (χ4n) is 1.71. The van der Waals surface area contributed by atoms with Crippen molar-refractivity contribution in [2.24, 2.45) is 9.98 Å². The average Bonchev–Trinajstić information content (AvgIpc) is 2.47. The molecule has 0 saturated carbocycles. The Kier molecular flexibility index (Phi) is 4.14. The van der Waals surface area contributed by atoms with Gasteiger partial charge in [-0.1, -0.05) is 36.4 Å². The summed E-state index contributed by atoms with van der Waals surface area (Å²) in [6, 6.07) is 15.0. The zero-order chi connectivity index (χ0) is 13.5. The van der Waals surface area contributed by atoms with Crippen LogP contribution in [0.1, 0.15) is 5.56 Å². The second kappa shape index (κ2) is 6.22. The quantitative estimate of drug-likeness (QED) is 0.618. The predicted molar refractivity (Wildman–Crippen MR) is 71.5 cm³/mol. The van der Waals surface area contributed by atoms with Crippen molar-refractivity contribution in [2.45, 2.75) is 6.54 Å². The predicted octanol–water partition coefficient (Wildman–Crippen LogP) is 3.16. The fourth-order valence-corrected chi connectivity index (χ4v) is 1.71. The first-order chi connectivity index (χ1) is 9.33. The number of benzene rings is 2. The Balaban J connectivity index is 2.21. The van der Waals surface area contributed by atoms with Gasteiger partial charge in [0.1, 0.15) is 0 Å². The smallest absolute Gasteiger partial charge is 0.211 e. The van der Waals surface area contributed by atoms with Gasteiger partial charge in [-0.3, -0.25) is 0 Å². The molecule has 0 bridgehead atoms. The number of isocyanates is 2. The van der Waals surface area contributed by atoms with Crippen LogP contribution < -0.4 is 0 Å². The third kappa shape index (κ3) is 3.33. The van der Waals surface area contributed by atoms with Crippen LogP contribution in [0.15, 0.2) is 58.5 Å². The number of rotatable bonds is 4. The third-order valence-electron chi connectivity index (χ3n) is 2.66. The monoisotopic (exact) mass is 250 g/mol. The van der Waals surface area contributed by atoms with Crippen LogP contribution in [0.4, 0.5) is 5.69 Å². The van der Waals surface area contributed by atoms with Gasteiger partial charge in [-0.15, -0.1) is 0 Å². The molecule has 0 unspecified atom stereocenters. The van der Waals surface area contributed by atoms with E-state index in [1.54, 1.807) is 12.1 Å². The molecule has 19 heavy (non-hydrogen) atoms. The Labute approximate surface area is 110 Å². The molecule has 2 aromatic rings. The number of carbonyl (C=O) groups excluding carboxylic acids is 2. The summed E-state index contributed by atoms with van der Waals surface area (Å²) >= 11 is 0. The summed E-state index contributed by atoms with van der Waals surface area (Å²) in [4.78, 5) is 27.2.